The summed E-state index contributed by atoms with van der Waals surface area (Å²) in [5.74, 6) is -0.144. The number of nitrogens with two attached hydrogens (primary N) is 1. The first kappa shape index (κ1) is 14.0. The monoisotopic (exact) mass is 317 g/mol. The van der Waals surface area contributed by atoms with Gasteiger partial charge >= 0.3 is 0 Å². The van der Waals surface area contributed by atoms with Gasteiger partial charge in [0.15, 0.2) is 0 Å². The maximum atomic E-state index is 12.4. The minimum Gasteiger partial charge on any atom is -0.397 e. The van der Waals surface area contributed by atoms with Crippen LogP contribution in [-0.4, -0.2) is 10.9 Å². The fourth-order valence-corrected chi connectivity index (χ4v) is 3.93. The molecule has 108 valence electrons. The van der Waals surface area contributed by atoms with Gasteiger partial charge in [0.25, 0.3) is 5.91 Å². The number of benzene rings is 1. The third kappa shape index (κ3) is 2.64. The third-order valence-corrected chi connectivity index (χ3v) is 5.38. The summed E-state index contributed by atoms with van der Waals surface area (Å²) in [6.45, 7) is 3.95. The highest BCUT2D eigenvalue weighted by Crippen LogP contribution is 2.34. The summed E-state index contributed by atoms with van der Waals surface area (Å²) in [5.41, 5.74) is 7.83. The zero-order chi connectivity index (χ0) is 15.0. The highest BCUT2D eigenvalue weighted by atomic mass is 32.1. The number of thiazole rings is 1. The van der Waals surface area contributed by atoms with E-state index in [-0.39, 0.29) is 11.9 Å². The number of thiophene rings is 1. The maximum absolute atomic E-state index is 12.4. The fraction of sp³-hybridized carbons (Fsp3) is 0.200. The van der Waals surface area contributed by atoms with E-state index in [4.69, 9.17) is 5.73 Å². The van der Waals surface area contributed by atoms with E-state index in [0.717, 1.165) is 20.7 Å². The lowest BCUT2D eigenvalue weighted by Crippen LogP contribution is -2.26. The molecule has 1 aromatic carbocycles. The van der Waals surface area contributed by atoms with Gasteiger partial charge in [0.1, 0.15) is 9.88 Å². The van der Waals surface area contributed by atoms with E-state index in [0.29, 0.717) is 10.6 Å². The Labute approximate surface area is 130 Å². The molecular formula is C15H15N3OS2. The van der Waals surface area contributed by atoms with Gasteiger partial charge in [0, 0.05) is 21.7 Å². The summed E-state index contributed by atoms with van der Waals surface area (Å²) in [7, 11) is 0. The van der Waals surface area contributed by atoms with E-state index in [1.807, 2.05) is 31.4 Å². The quantitative estimate of drug-likeness (QED) is 0.773. The molecule has 0 saturated carbocycles. The molecule has 0 spiro atoms. The van der Waals surface area contributed by atoms with Crippen molar-refractivity contribution in [3.63, 3.8) is 0 Å². The second-order valence-electron chi connectivity index (χ2n) is 4.91. The molecule has 0 radical (unpaired) electrons. The summed E-state index contributed by atoms with van der Waals surface area (Å²) in [5, 5.41) is 6.68. The van der Waals surface area contributed by atoms with Crippen molar-refractivity contribution >= 4 is 44.4 Å². The molecule has 3 rings (SSSR count). The van der Waals surface area contributed by atoms with E-state index in [9.17, 15) is 4.79 Å². The maximum Gasteiger partial charge on any atom is 0.264 e. The molecule has 0 saturated heterocycles. The average Bonchev–Trinajstić information content (AvgIpc) is 3.07. The van der Waals surface area contributed by atoms with E-state index >= 15 is 0 Å². The average molecular weight is 317 g/mol. The van der Waals surface area contributed by atoms with Crippen LogP contribution in [0, 0.1) is 6.92 Å². The van der Waals surface area contributed by atoms with Gasteiger partial charge in [-0.15, -0.1) is 22.7 Å². The van der Waals surface area contributed by atoms with Crippen LogP contribution < -0.4 is 11.1 Å². The van der Waals surface area contributed by atoms with Crippen LogP contribution in [0.3, 0.4) is 0 Å². The summed E-state index contributed by atoms with van der Waals surface area (Å²) in [6, 6.07) is 5.91. The van der Waals surface area contributed by atoms with Crippen LogP contribution in [-0.2, 0) is 0 Å². The first-order valence-corrected chi connectivity index (χ1v) is 8.24. The Balaban J connectivity index is 1.89. The van der Waals surface area contributed by atoms with Crippen LogP contribution in [0.1, 0.15) is 33.2 Å². The van der Waals surface area contributed by atoms with Crippen molar-refractivity contribution in [1.29, 1.82) is 0 Å². The molecule has 1 unspecified atom stereocenters. The summed E-state index contributed by atoms with van der Waals surface area (Å²) >= 11 is 2.96. The van der Waals surface area contributed by atoms with E-state index < -0.39 is 0 Å². The Bertz CT molecular complexity index is 793. The number of rotatable bonds is 3. The van der Waals surface area contributed by atoms with Crippen molar-refractivity contribution in [1.82, 2.24) is 10.3 Å². The first-order valence-electron chi connectivity index (χ1n) is 6.55. The number of nitrogens with one attached hydrogen (secondary N) is 1. The molecule has 0 bridgehead atoms. The predicted molar refractivity (Wildman–Crippen MR) is 89.0 cm³/mol. The van der Waals surface area contributed by atoms with Gasteiger partial charge in [-0.05, 0) is 25.5 Å². The zero-order valence-electron chi connectivity index (χ0n) is 11.7. The normalized spacial score (nSPS) is 12.5. The second-order valence-corrected chi connectivity index (χ2v) is 6.89. The Morgan fingerprint density at radius 3 is 2.95 bits per heavy atom. The molecule has 1 atom stereocenters. The Morgan fingerprint density at radius 1 is 1.43 bits per heavy atom. The van der Waals surface area contributed by atoms with Crippen molar-refractivity contribution in [2.75, 3.05) is 5.73 Å². The van der Waals surface area contributed by atoms with Crippen LogP contribution in [0.15, 0.2) is 29.8 Å². The molecule has 0 fully saturated rings. The van der Waals surface area contributed by atoms with Crippen molar-refractivity contribution in [2.24, 2.45) is 0 Å². The lowest BCUT2D eigenvalue weighted by atomic mass is 10.1. The van der Waals surface area contributed by atoms with Crippen LogP contribution in [0.25, 0.3) is 10.1 Å². The highest BCUT2D eigenvalue weighted by Gasteiger charge is 2.19. The summed E-state index contributed by atoms with van der Waals surface area (Å²) in [6.07, 6.45) is 1.74. The van der Waals surface area contributed by atoms with Gasteiger partial charge in [-0.25, -0.2) is 4.98 Å². The molecule has 1 amide bonds. The smallest absolute Gasteiger partial charge is 0.264 e. The Kier molecular flexibility index (Phi) is 3.65. The number of aromatic nitrogens is 1. The molecule has 0 aliphatic carbocycles. The number of carbonyl (C=O) groups is 1. The first-order chi connectivity index (χ1) is 10.1. The number of aryl methyl sites for hydroxylation is 1. The van der Waals surface area contributed by atoms with Gasteiger partial charge in [0.05, 0.1) is 11.7 Å². The minimum atomic E-state index is -0.144. The topological polar surface area (TPSA) is 68.0 Å². The summed E-state index contributed by atoms with van der Waals surface area (Å²) in [4.78, 5) is 17.2. The van der Waals surface area contributed by atoms with Gasteiger partial charge in [0.2, 0.25) is 0 Å². The minimum absolute atomic E-state index is 0.121. The fourth-order valence-electron chi connectivity index (χ4n) is 2.16. The van der Waals surface area contributed by atoms with E-state index in [1.165, 1.54) is 22.7 Å². The largest absolute Gasteiger partial charge is 0.397 e. The number of hydrogen-bond donors (Lipinski definition) is 2. The number of anilines is 1. The standard InChI is InChI=1S/C15H15N3OS2/c1-8-3-4-10-11(7-8)21-13(12(10)16)14(19)18-9(2)15-17-5-6-20-15/h3-7,9H,16H2,1-2H3,(H,18,19). The van der Waals surface area contributed by atoms with Crippen LogP contribution in [0.4, 0.5) is 5.69 Å². The van der Waals surface area contributed by atoms with E-state index in [2.05, 4.69) is 16.4 Å². The number of nitrogen functional groups attached to an aromatic ring is 1. The Hall–Kier alpha value is -1.92. The molecule has 4 nitrogen and oxygen atoms in total. The van der Waals surface area contributed by atoms with Crippen molar-refractivity contribution in [2.45, 2.75) is 19.9 Å². The van der Waals surface area contributed by atoms with Gasteiger partial charge < -0.3 is 11.1 Å². The zero-order valence-corrected chi connectivity index (χ0v) is 13.3. The molecule has 0 aliphatic heterocycles. The molecule has 21 heavy (non-hydrogen) atoms. The SMILES string of the molecule is Cc1ccc2c(N)c(C(=O)NC(C)c3nccs3)sc2c1. The predicted octanol–water partition coefficient (Wildman–Crippen LogP) is 3.74. The van der Waals surface area contributed by atoms with Crippen LogP contribution in [0.5, 0.6) is 0 Å². The molecule has 2 heterocycles. The van der Waals surface area contributed by atoms with Crippen molar-refractivity contribution in [3.8, 4) is 0 Å². The van der Waals surface area contributed by atoms with Gasteiger partial charge in [-0.3, -0.25) is 4.79 Å². The second kappa shape index (κ2) is 5.46. The van der Waals surface area contributed by atoms with Gasteiger partial charge in [-0.2, -0.15) is 0 Å². The molecule has 6 heteroatoms. The van der Waals surface area contributed by atoms with Crippen molar-refractivity contribution < 1.29 is 4.79 Å². The molecular weight excluding hydrogens is 302 g/mol. The highest BCUT2D eigenvalue weighted by molar-refractivity contribution is 7.21. The lowest BCUT2D eigenvalue weighted by molar-refractivity contribution is 0.0945. The molecule has 3 N–H and O–H groups in total. The molecule has 0 aliphatic rings. The molecule has 3 aromatic rings. The molecule has 2 aromatic heterocycles. The van der Waals surface area contributed by atoms with Crippen LogP contribution in [0.2, 0.25) is 0 Å². The lowest BCUT2D eigenvalue weighted by Gasteiger charge is -2.10. The van der Waals surface area contributed by atoms with Crippen LogP contribution >= 0.6 is 22.7 Å². The number of hydrogen-bond acceptors (Lipinski definition) is 5. The van der Waals surface area contributed by atoms with E-state index in [1.54, 1.807) is 6.20 Å². The Morgan fingerprint density at radius 2 is 2.24 bits per heavy atom. The summed E-state index contributed by atoms with van der Waals surface area (Å²) < 4.78 is 1.04. The van der Waals surface area contributed by atoms with Crippen molar-refractivity contribution in [3.05, 3.63) is 45.2 Å². The number of amides is 1. The number of fused-ring (bicyclic) bond motifs is 1. The van der Waals surface area contributed by atoms with Gasteiger partial charge in [-0.1, -0.05) is 12.1 Å². The third-order valence-electron chi connectivity index (χ3n) is 3.26. The number of carbonyl (C=O) groups excluding carboxylic acids is 1. The number of nitrogens with zero attached hydrogens (tertiary/aromatic N) is 1.